The van der Waals surface area contributed by atoms with Gasteiger partial charge in [-0.2, -0.15) is 0 Å². The number of allylic oxidation sites excluding steroid dienone is 1. The van der Waals surface area contributed by atoms with Crippen LogP contribution in [0, 0.1) is 23.2 Å². The van der Waals surface area contributed by atoms with Crippen LogP contribution in [0.2, 0.25) is 0 Å². The van der Waals surface area contributed by atoms with Crippen molar-refractivity contribution in [3.8, 4) is 0 Å². The molecule has 3 saturated heterocycles. The molecule has 0 bridgehead atoms. The molecule has 0 aromatic carbocycles. The highest BCUT2D eigenvalue weighted by Crippen LogP contribution is 2.51. The number of rotatable bonds is 4. The number of carbonyl (C=O) groups excluding carboxylic acids is 1. The third-order valence-corrected chi connectivity index (χ3v) is 9.22. The lowest BCUT2D eigenvalue weighted by molar-refractivity contribution is -0.138. The van der Waals surface area contributed by atoms with Crippen LogP contribution in [0.1, 0.15) is 64.7 Å². The first-order chi connectivity index (χ1) is 14.5. The van der Waals surface area contributed by atoms with E-state index < -0.39 is 0 Å². The molecular formula is C25H42N4O. The Morgan fingerprint density at radius 2 is 1.57 bits per heavy atom. The fourth-order valence-corrected chi connectivity index (χ4v) is 6.71. The summed E-state index contributed by atoms with van der Waals surface area (Å²) in [6.45, 7) is 12.4. The molecule has 5 unspecified atom stereocenters. The summed E-state index contributed by atoms with van der Waals surface area (Å²) < 4.78 is 0. The number of piperidine rings is 2. The molecular weight excluding hydrogens is 372 g/mol. The average Bonchev–Trinajstić information content (AvgIpc) is 3.56. The molecule has 0 spiro atoms. The van der Waals surface area contributed by atoms with Crippen molar-refractivity contribution < 1.29 is 4.79 Å². The van der Waals surface area contributed by atoms with Crippen LogP contribution in [0.4, 0.5) is 0 Å². The molecule has 5 heteroatoms. The molecule has 5 nitrogen and oxygen atoms in total. The highest BCUT2D eigenvalue weighted by molar-refractivity contribution is 5.79. The highest BCUT2D eigenvalue weighted by Gasteiger charge is 2.43. The van der Waals surface area contributed by atoms with E-state index in [2.05, 4.69) is 33.9 Å². The SMILES string of the molecule is C=C(N1CCN(C(=O)C2CCC(C3CCC4NCCCC4C3)NC2)CC1)C1(C)CC1. The van der Waals surface area contributed by atoms with E-state index >= 15 is 0 Å². The lowest BCUT2D eigenvalue weighted by atomic mass is 9.70. The topological polar surface area (TPSA) is 47.6 Å². The standard InChI is InChI=1S/C25H42N4O/c1-18(25(2)9-10-25)28-12-14-29(15-13-28)24(30)21-6-8-23(27-17-21)20-5-7-22-19(16-20)4-3-11-26-22/h19-23,26-27H,1,3-17H2,2H3. The lowest BCUT2D eigenvalue weighted by Gasteiger charge is -2.45. The minimum absolute atomic E-state index is 0.185. The summed E-state index contributed by atoms with van der Waals surface area (Å²) in [5.41, 5.74) is 1.65. The number of piperazine rings is 1. The van der Waals surface area contributed by atoms with E-state index in [0.29, 0.717) is 17.4 Å². The van der Waals surface area contributed by atoms with Gasteiger partial charge in [-0.1, -0.05) is 13.5 Å². The van der Waals surface area contributed by atoms with Crippen LogP contribution in [0.3, 0.4) is 0 Å². The van der Waals surface area contributed by atoms with Gasteiger partial charge < -0.3 is 20.4 Å². The van der Waals surface area contributed by atoms with E-state index in [-0.39, 0.29) is 5.92 Å². The van der Waals surface area contributed by atoms with Crippen LogP contribution < -0.4 is 10.6 Å². The normalized spacial score (nSPS) is 38.6. The smallest absolute Gasteiger partial charge is 0.227 e. The largest absolute Gasteiger partial charge is 0.371 e. The fourth-order valence-electron chi connectivity index (χ4n) is 6.71. The van der Waals surface area contributed by atoms with E-state index in [9.17, 15) is 4.79 Å². The highest BCUT2D eigenvalue weighted by atomic mass is 16.2. The van der Waals surface area contributed by atoms with Gasteiger partial charge in [0.05, 0.1) is 5.92 Å². The summed E-state index contributed by atoms with van der Waals surface area (Å²) in [6.07, 6.45) is 11.7. The summed E-state index contributed by atoms with van der Waals surface area (Å²) in [5.74, 6) is 2.29. The quantitative estimate of drug-likeness (QED) is 0.743. The van der Waals surface area contributed by atoms with Gasteiger partial charge in [0.15, 0.2) is 0 Å². The molecule has 2 saturated carbocycles. The molecule has 0 aromatic heterocycles. The monoisotopic (exact) mass is 414 g/mol. The molecule has 0 aromatic rings. The molecule has 5 rings (SSSR count). The maximum absolute atomic E-state index is 13.1. The molecule has 0 radical (unpaired) electrons. The number of hydrogen-bond donors (Lipinski definition) is 2. The Morgan fingerprint density at radius 1 is 0.900 bits per heavy atom. The van der Waals surface area contributed by atoms with Crippen LogP contribution >= 0.6 is 0 Å². The van der Waals surface area contributed by atoms with Crippen molar-refractivity contribution in [1.82, 2.24) is 20.4 Å². The van der Waals surface area contributed by atoms with Gasteiger partial charge in [0.1, 0.15) is 0 Å². The van der Waals surface area contributed by atoms with Crippen LogP contribution in [-0.2, 0) is 4.79 Å². The molecule has 2 aliphatic carbocycles. The van der Waals surface area contributed by atoms with Crippen molar-refractivity contribution in [2.45, 2.75) is 76.8 Å². The van der Waals surface area contributed by atoms with Crippen molar-refractivity contribution in [1.29, 1.82) is 0 Å². The first-order valence-electron chi connectivity index (χ1n) is 12.7. The van der Waals surface area contributed by atoms with Gasteiger partial charge in [0.2, 0.25) is 5.91 Å². The van der Waals surface area contributed by atoms with Crippen molar-refractivity contribution in [2.24, 2.45) is 23.2 Å². The molecule has 168 valence electrons. The number of fused-ring (bicyclic) bond motifs is 1. The van der Waals surface area contributed by atoms with Gasteiger partial charge in [-0.25, -0.2) is 0 Å². The van der Waals surface area contributed by atoms with Gasteiger partial charge in [-0.3, -0.25) is 4.79 Å². The van der Waals surface area contributed by atoms with Crippen LogP contribution in [0.25, 0.3) is 0 Å². The van der Waals surface area contributed by atoms with Crippen LogP contribution in [-0.4, -0.2) is 67.1 Å². The van der Waals surface area contributed by atoms with E-state index in [4.69, 9.17) is 0 Å². The number of hydrogen-bond acceptors (Lipinski definition) is 4. The molecule has 2 N–H and O–H groups in total. The summed E-state index contributed by atoms with van der Waals surface area (Å²) in [6, 6.07) is 1.42. The van der Waals surface area contributed by atoms with E-state index in [0.717, 1.165) is 57.0 Å². The zero-order valence-electron chi connectivity index (χ0n) is 19.0. The molecule has 30 heavy (non-hydrogen) atoms. The predicted octanol–water partition coefficient (Wildman–Crippen LogP) is 2.98. The van der Waals surface area contributed by atoms with Gasteiger partial charge in [0.25, 0.3) is 0 Å². The summed E-state index contributed by atoms with van der Waals surface area (Å²) >= 11 is 0. The number of carbonyl (C=O) groups is 1. The second kappa shape index (κ2) is 8.46. The second-order valence-corrected chi connectivity index (χ2v) is 11.1. The third kappa shape index (κ3) is 4.17. The van der Waals surface area contributed by atoms with Crippen molar-refractivity contribution >= 4 is 5.91 Å². The molecule has 5 aliphatic rings. The first kappa shape index (κ1) is 20.8. The second-order valence-electron chi connectivity index (χ2n) is 11.1. The summed E-state index contributed by atoms with van der Waals surface area (Å²) in [7, 11) is 0. The van der Waals surface area contributed by atoms with Crippen molar-refractivity contribution in [3.63, 3.8) is 0 Å². The number of amides is 1. The maximum Gasteiger partial charge on any atom is 0.227 e. The van der Waals surface area contributed by atoms with E-state index in [1.807, 2.05) is 0 Å². The fraction of sp³-hybridized carbons (Fsp3) is 0.880. The Balaban J connectivity index is 1.07. The van der Waals surface area contributed by atoms with E-state index in [1.54, 1.807) is 0 Å². The average molecular weight is 415 g/mol. The zero-order chi connectivity index (χ0) is 20.7. The third-order valence-electron chi connectivity index (χ3n) is 9.22. The number of nitrogens with zero attached hydrogens (tertiary/aromatic N) is 2. The van der Waals surface area contributed by atoms with Crippen molar-refractivity contribution in [3.05, 3.63) is 12.3 Å². The Labute approximate surface area is 183 Å². The lowest BCUT2D eigenvalue weighted by Crippen LogP contribution is -2.54. The first-order valence-corrected chi connectivity index (χ1v) is 12.7. The summed E-state index contributed by atoms with van der Waals surface area (Å²) in [4.78, 5) is 17.7. The molecule has 1 amide bonds. The molecule has 3 heterocycles. The van der Waals surface area contributed by atoms with Crippen LogP contribution in [0.5, 0.6) is 0 Å². The van der Waals surface area contributed by atoms with Crippen molar-refractivity contribution in [2.75, 3.05) is 39.3 Å². The Kier molecular flexibility index (Phi) is 5.87. The number of nitrogens with one attached hydrogen (secondary N) is 2. The Morgan fingerprint density at radius 3 is 2.27 bits per heavy atom. The predicted molar refractivity (Wildman–Crippen MR) is 121 cm³/mol. The zero-order valence-corrected chi connectivity index (χ0v) is 19.0. The molecule has 5 atom stereocenters. The van der Waals surface area contributed by atoms with Gasteiger partial charge in [0, 0.05) is 55.9 Å². The maximum atomic E-state index is 13.1. The molecule has 5 fully saturated rings. The molecule has 3 aliphatic heterocycles. The minimum Gasteiger partial charge on any atom is -0.371 e. The minimum atomic E-state index is 0.185. The van der Waals surface area contributed by atoms with E-state index in [1.165, 1.54) is 63.6 Å². The Hall–Kier alpha value is -1.07. The Bertz CT molecular complexity index is 644. The van der Waals surface area contributed by atoms with Gasteiger partial charge in [-0.15, -0.1) is 0 Å². The van der Waals surface area contributed by atoms with Gasteiger partial charge >= 0.3 is 0 Å². The summed E-state index contributed by atoms with van der Waals surface area (Å²) in [5, 5.41) is 7.56. The van der Waals surface area contributed by atoms with Crippen LogP contribution in [0.15, 0.2) is 12.3 Å². The van der Waals surface area contributed by atoms with Gasteiger partial charge in [-0.05, 0) is 76.2 Å².